The van der Waals surface area contributed by atoms with E-state index in [2.05, 4.69) is 27.3 Å². The first-order chi connectivity index (χ1) is 10.5. The van der Waals surface area contributed by atoms with Crippen molar-refractivity contribution >= 4 is 9.84 Å². The van der Waals surface area contributed by atoms with Crippen LogP contribution in [0.25, 0.3) is 0 Å². The molecule has 0 atom stereocenters. The van der Waals surface area contributed by atoms with E-state index in [0.29, 0.717) is 12.5 Å². The minimum absolute atomic E-state index is 0.105. The molecule has 0 aliphatic carbocycles. The molecule has 0 saturated carbocycles. The molecule has 124 valence electrons. The topological polar surface area (TPSA) is 84.4 Å². The largest absolute Gasteiger partial charge is 0.381 e. The van der Waals surface area contributed by atoms with E-state index in [1.165, 1.54) is 6.20 Å². The average molecular weight is 328 g/mol. The van der Waals surface area contributed by atoms with Gasteiger partial charge in [0.25, 0.3) is 0 Å². The Kier molecular flexibility index (Phi) is 6.25. The van der Waals surface area contributed by atoms with Crippen molar-refractivity contribution in [3.05, 3.63) is 18.0 Å². The molecule has 1 fully saturated rings. The Hall–Kier alpha value is -1.09. The summed E-state index contributed by atoms with van der Waals surface area (Å²) in [5.41, 5.74) is 4.12. The Morgan fingerprint density at radius 3 is 2.77 bits per heavy atom. The molecule has 1 aromatic heterocycles. The van der Waals surface area contributed by atoms with Crippen LogP contribution in [-0.2, 0) is 21.0 Å². The maximum absolute atomic E-state index is 11.5. The molecule has 7 nitrogen and oxygen atoms in total. The van der Waals surface area contributed by atoms with Gasteiger partial charge in [-0.2, -0.15) is 0 Å². The van der Waals surface area contributed by atoms with E-state index in [1.807, 2.05) is 0 Å². The Morgan fingerprint density at radius 2 is 2.14 bits per heavy atom. The second-order valence-electron chi connectivity index (χ2n) is 5.40. The third-order valence-corrected chi connectivity index (χ3v) is 4.48. The molecule has 0 radical (unpaired) electrons. The predicted molar refractivity (Wildman–Crippen MR) is 83.1 cm³/mol. The molecular formula is C14H24N4O3S. The maximum atomic E-state index is 11.5. The van der Waals surface area contributed by atoms with Gasteiger partial charge in [-0.3, -0.25) is 5.43 Å². The standard InChI is InChI=1S/C14H24N4O3S/c1-3-16-18(13-6-10-21-11-7-13)9-5-12-4-8-15-14(17-12)22(2,19)20/h4,8,13,16H,3,5-7,9-11H2,1-2H3. The van der Waals surface area contributed by atoms with Gasteiger partial charge in [-0.25, -0.2) is 23.4 Å². The summed E-state index contributed by atoms with van der Waals surface area (Å²) < 4.78 is 28.4. The number of hydrogen-bond acceptors (Lipinski definition) is 7. The fraction of sp³-hybridized carbons (Fsp3) is 0.714. The summed E-state index contributed by atoms with van der Waals surface area (Å²) in [5, 5.41) is 2.12. The van der Waals surface area contributed by atoms with Gasteiger partial charge in [0.05, 0.1) is 0 Å². The number of rotatable bonds is 7. The number of hydrogen-bond donors (Lipinski definition) is 1. The fourth-order valence-electron chi connectivity index (χ4n) is 2.52. The monoisotopic (exact) mass is 328 g/mol. The van der Waals surface area contributed by atoms with Crippen molar-refractivity contribution in [3.8, 4) is 0 Å². The summed E-state index contributed by atoms with van der Waals surface area (Å²) in [5.74, 6) is 0. The van der Waals surface area contributed by atoms with Crippen LogP contribution in [0.15, 0.2) is 17.4 Å². The van der Waals surface area contributed by atoms with E-state index >= 15 is 0 Å². The summed E-state index contributed by atoms with van der Waals surface area (Å²) >= 11 is 0. The third-order valence-electron chi connectivity index (χ3n) is 3.62. The molecule has 1 aromatic rings. The molecule has 0 amide bonds. The molecule has 22 heavy (non-hydrogen) atoms. The Labute approximate surface area is 132 Å². The highest BCUT2D eigenvalue weighted by Crippen LogP contribution is 2.13. The molecule has 8 heteroatoms. The molecule has 2 heterocycles. The van der Waals surface area contributed by atoms with Crippen LogP contribution in [0.2, 0.25) is 0 Å². The van der Waals surface area contributed by atoms with Crippen LogP contribution in [0.4, 0.5) is 0 Å². The van der Waals surface area contributed by atoms with Crippen LogP contribution in [0.1, 0.15) is 25.5 Å². The number of nitrogens with zero attached hydrogens (tertiary/aromatic N) is 3. The normalized spacial score (nSPS) is 17.0. The first kappa shape index (κ1) is 17.3. The zero-order valence-electron chi connectivity index (χ0n) is 13.2. The van der Waals surface area contributed by atoms with Crippen molar-refractivity contribution in [2.45, 2.75) is 37.4 Å². The van der Waals surface area contributed by atoms with Crippen LogP contribution >= 0.6 is 0 Å². The van der Waals surface area contributed by atoms with Crippen LogP contribution in [0.3, 0.4) is 0 Å². The van der Waals surface area contributed by atoms with Crippen LogP contribution in [-0.4, -0.2) is 62.0 Å². The van der Waals surface area contributed by atoms with Gasteiger partial charge in [0, 0.05) is 56.9 Å². The second kappa shape index (κ2) is 7.96. The lowest BCUT2D eigenvalue weighted by atomic mass is 10.1. The zero-order valence-corrected chi connectivity index (χ0v) is 14.0. The number of aromatic nitrogens is 2. The van der Waals surface area contributed by atoms with E-state index in [0.717, 1.165) is 51.1 Å². The smallest absolute Gasteiger partial charge is 0.246 e. The summed E-state index contributed by atoms with van der Waals surface area (Å²) in [6.07, 6.45) is 5.32. The lowest BCUT2D eigenvalue weighted by Crippen LogP contribution is -2.48. The molecule has 0 unspecified atom stereocenters. The zero-order chi connectivity index (χ0) is 16.0. The quantitative estimate of drug-likeness (QED) is 0.574. The predicted octanol–water partition coefficient (Wildman–Crippen LogP) is 0.428. The van der Waals surface area contributed by atoms with E-state index in [9.17, 15) is 8.42 Å². The molecule has 2 rings (SSSR count). The van der Waals surface area contributed by atoms with E-state index < -0.39 is 9.84 Å². The Morgan fingerprint density at radius 1 is 1.41 bits per heavy atom. The van der Waals surface area contributed by atoms with E-state index in [4.69, 9.17) is 4.74 Å². The highest BCUT2D eigenvalue weighted by atomic mass is 32.2. The minimum Gasteiger partial charge on any atom is -0.381 e. The van der Waals surface area contributed by atoms with Gasteiger partial charge in [0.2, 0.25) is 15.0 Å². The summed E-state index contributed by atoms with van der Waals surface area (Å²) in [7, 11) is -3.36. The molecule has 0 aromatic carbocycles. The van der Waals surface area contributed by atoms with E-state index in [-0.39, 0.29) is 5.16 Å². The van der Waals surface area contributed by atoms with Gasteiger partial charge in [-0.05, 0) is 18.9 Å². The van der Waals surface area contributed by atoms with E-state index in [1.54, 1.807) is 6.07 Å². The third kappa shape index (κ3) is 4.98. The molecule has 0 spiro atoms. The summed E-state index contributed by atoms with van der Waals surface area (Å²) in [6.45, 7) is 5.28. The molecule has 1 aliphatic heterocycles. The van der Waals surface area contributed by atoms with Crippen molar-refractivity contribution in [2.75, 3.05) is 32.6 Å². The molecule has 0 bridgehead atoms. The van der Waals surface area contributed by atoms with Gasteiger partial charge in [-0.1, -0.05) is 6.92 Å². The van der Waals surface area contributed by atoms with Gasteiger partial charge in [-0.15, -0.1) is 0 Å². The first-order valence-corrected chi connectivity index (χ1v) is 9.49. The first-order valence-electron chi connectivity index (χ1n) is 7.60. The van der Waals surface area contributed by atoms with Crippen molar-refractivity contribution < 1.29 is 13.2 Å². The maximum Gasteiger partial charge on any atom is 0.246 e. The molecule has 1 saturated heterocycles. The SMILES string of the molecule is CCNN(CCc1ccnc(S(C)(=O)=O)n1)C1CCOCC1. The molecule has 1 N–H and O–H groups in total. The molecule has 1 aliphatic rings. The number of hydrazine groups is 1. The average Bonchev–Trinajstić information content (AvgIpc) is 2.52. The van der Waals surface area contributed by atoms with Crippen molar-refractivity contribution in [3.63, 3.8) is 0 Å². The number of sulfone groups is 1. The van der Waals surface area contributed by atoms with Crippen molar-refractivity contribution in [1.29, 1.82) is 0 Å². The lowest BCUT2D eigenvalue weighted by molar-refractivity contribution is 0.0136. The van der Waals surface area contributed by atoms with Gasteiger partial charge in [0.1, 0.15) is 0 Å². The van der Waals surface area contributed by atoms with Crippen LogP contribution in [0, 0.1) is 0 Å². The van der Waals surface area contributed by atoms with Gasteiger partial charge in [0.15, 0.2) is 0 Å². The second-order valence-corrected chi connectivity index (χ2v) is 7.31. The minimum atomic E-state index is -3.36. The Balaban J connectivity index is 1.99. The highest BCUT2D eigenvalue weighted by molar-refractivity contribution is 7.90. The Bertz CT molecular complexity index is 573. The summed E-state index contributed by atoms with van der Waals surface area (Å²) in [4.78, 5) is 7.96. The lowest BCUT2D eigenvalue weighted by Gasteiger charge is -2.34. The summed E-state index contributed by atoms with van der Waals surface area (Å²) in [6, 6.07) is 2.22. The van der Waals surface area contributed by atoms with Gasteiger partial charge < -0.3 is 4.74 Å². The highest BCUT2D eigenvalue weighted by Gasteiger charge is 2.21. The fourth-order valence-corrected chi connectivity index (χ4v) is 3.05. The van der Waals surface area contributed by atoms with Gasteiger partial charge >= 0.3 is 0 Å². The number of nitrogens with one attached hydrogen (secondary N) is 1. The number of ether oxygens (including phenoxy) is 1. The van der Waals surface area contributed by atoms with Crippen LogP contribution in [0.5, 0.6) is 0 Å². The van der Waals surface area contributed by atoms with Crippen molar-refractivity contribution in [2.24, 2.45) is 0 Å². The van der Waals surface area contributed by atoms with Crippen LogP contribution < -0.4 is 5.43 Å². The van der Waals surface area contributed by atoms with Crippen molar-refractivity contribution in [1.82, 2.24) is 20.4 Å². The molecular weight excluding hydrogens is 304 g/mol.